The molecule has 4 aromatic rings. The zero-order chi connectivity index (χ0) is 18.3. The number of nitrogen functional groups attached to an aromatic ring is 1. The first-order valence-electron chi connectivity index (χ1n) is 8.46. The minimum absolute atomic E-state index is 0.319. The number of imidazole rings is 1. The summed E-state index contributed by atoms with van der Waals surface area (Å²) in [5.41, 5.74) is 10.5. The standard InChI is InChI=1S/C19H19FN6/c1-11(2)10-26-15-8-4-7-14(17(15)22-19(26)21)18-16(23-25-24-18)12-5-3-6-13(20)9-12/h3-9,11H,10H2,1-2H3,(H2,21,22)(H,23,24,25). The van der Waals surface area contributed by atoms with Crippen LogP contribution in [0.4, 0.5) is 10.3 Å². The molecule has 0 saturated carbocycles. The summed E-state index contributed by atoms with van der Waals surface area (Å²) < 4.78 is 15.6. The Morgan fingerprint density at radius 2 is 1.88 bits per heavy atom. The van der Waals surface area contributed by atoms with Gasteiger partial charge in [-0.15, -0.1) is 0 Å². The lowest BCUT2D eigenvalue weighted by molar-refractivity contribution is 0.538. The molecule has 0 aliphatic carbocycles. The summed E-state index contributed by atoms with van der Waals surface area (Å²) in [5.74, 6) is 0.588. The number of benzene rings is 2. The second kappa shape index (κ2) is 6.25. The lowest BCUT2D eigenvalue weighted by Crippen LogP contribution is -2.07. The van der Waals surface area contributed by atoms with Gasteiger partial charge in [0.2, 0.25) is 5.95 Å². The van der Waals surface area contributed by atoms with E-state index in [1.807, 2.05) is 22.8 Å². The molecule has 0 aliphatic heterocycles. The summed E-state index contributed by atoms with van der Waals surface area (Å²) in [6, 6.07) is 12.2. The zero-order valence-corrected chi connectivity index (χ0v) is 14.6. The average Bonchev–Trinajstić information content (AvgIpc) is 3.20. The molecule has 132 valence electrons. The van der Waals surface area contributed by atoms with Crippen LogP contribution in [-0.4, -0.2) is 25.0 Å². The topological polar surface area (TPSA) is 85.4 Å². The van der Waals surface area contributed by atoms with Gasteiger partial charge < -0.3 is 10.3 Å². The van der Waals surface area contributed by atoms with Crippen LogP contribution in [0.1, 0.15) is 13.8 Å². The molecule has 0 spiro atoms. The van der Waals surface area contributed by atoms with Gasteiger partial charge in [-0.2, -0.15) is 15.4 Å². The molecule has 0 amide bonds. The predicted molar refractivity (Wildman–Crippen MR) is 99.8 cm³/mol. The van der Waals surface area contributed by atoms with Crippen LogP contribution < -0.4 is 5.73 Å². The number of hydrogen-bond donors (Lipinski definition) is 2. The average molecular weight is 350 g/mol. The quantitative estimate of drug-likeness (QED) is 0.585. The Kier molecular flexibility index (Phi) is 3.91. The van der Waals surface area contributed by atoms with Crippen LogP contribution in [0.15, 0.2) is 42.5 Å². The van der Waals surface area contributed by atoms with Crippen LogP contribution in [0.25, 0.3) is 33.5 Å². The number of H-pyrrole nitrogens is 1. The maximum Gasteiger partial charge on any atom is 0.201 e. The summed E-state index contributed by atoms with van der Waals surface area (Å²) in [5, 5.41) is 11.2. The Balaban J connectivity index is 1.90. The number of hydrogen-bond acceptors (Lipinski definition) is 4. The molecule has 0 fully saturated rings. The van der Waals surface area contributed by atoms with Crippen LogP contribution in [0.5, 0.6) is 0 Å². The number of nitrogens with one attached hydrogen (secondary N) is 1. The van der Waals surface area contributed by atoms with Crippen molar-refractivity contribution in [1.82, 2.24) is 25.0 Å². The van der Waals surface area contributed by atoms with Gasteiger partial charge in [0.15, 0.2) is 0 Å². The molecule has 2 aromatic carbocycles. The molecule has 0 radical (unpaired) electrons. The largest absolute Gasteiger partial charge is 0.369 e. The summed E-state index contributed by atoms with van der Waals surface area (Å²) in [4.78, 5) is 4.56. The van der Waals surface area contributed by atoms with Crippen molar-refractivity contribution in [1.29, 1.82) is 0 Å². The molecule has 4 rings (SSSR count). The van der Waals surface area contributed by atoms with E-state index in [0.29, 0.717) is 28.8 Å². The molecular formula is C19H19FN6. The van der Waals surface area contributed by atoms with E-state index >= 15 is 0 Å². The first kappa shape index (κ1) is 16.3. The van der Waals surface area contributed by atoms with Crippen molar-refractivity contribution in [3.05, 3.63) is 48.3 Å². The van der Waals surface area contributed by atoms with E-state index in [9.17, 15) is 4.39 Å². The number of anilines is 1. The number of halogens is 1. The smallest absolute Gasteiger partial charge is 0.201 e. The van der Waals surface area contributed by atoms with Crippen molar-refractivity contribution >= 4 is 17.0 Å². The Labute approximate surface area is 149 Å². The van der Waals surface area contributed by atoms with Crippen LogP contribution in [-0.2, 0) is 6.54 Å². The van der Waals surface area contributed by atoms with E-state index in [2.05, 4.69) is 34.2 Å². The predicted octanol–water partition coefficient (Wildman–Crippen LogP) is 3.87. The molecule has 0 unspecified atom stereocenters. The Bertz CT molecular complexity index is 1080. The molecule has 0 aliphatic rings. The van der Waals surface area contributed by atoms with Crippen molar-refractivity contribution in [2.24, 2.45) is 5.92 Å². The number of nitrogens with two attached hydrogens (primary N) is 1. The van der Waals surface area contributed by atoms with E-state index in [4.69, 9.17) is 5.73 Å². The number of fused-ring (bicyclic) bond motifs is 1. The fourth-order valence-electron chi connectivity index (χ4n) is 3.17. The molecule has 0 bridgehead atoms. The van der Waals surface area contributed by atoms with Crippen molar-refractivity contribution < 1.29 is 4.39 Å². The molecule has 6 nitrogen and oxygen atoms in total. The van der Waals surface area contributed by atoms with E-state index in [1.165, 1.54) is 12.1 Å². The van der Waals surface area contributed by atoms with Gasteiger partial charge in [-0.3, -0.25) is 0 Å². The van der Waals surface area contributed by atoms with Gasteiger partial charge >= 0.3 is 0 Å². The van der Waals surface area contributed by atoms with Crippen molar-refractivity contribution in [2.75, 3.05) is 5.73 Å². The third kappa shape index (κ3) is 2.71. The first-order chi connectivity index (χ1) is 12.5. The third-order valence-corrected chi connectivity index (χ3v) is 4.26. The van der Waals surface area contributed by atoms with Gasteiger partial charge in [0.25, 0.3) is 0 Å². The van der Waals surface area contributed by atoms with E-state index in [0.717, 1.165) is 23.1 Å². The number of aromatic nitrogens is 5. The van der Waals surface area contributed by atoms with Crippen molar-refractivity contribution in [3.8, 4) is 22.5 Å². The molecule has 0 atom stereocenters. The molecule has 0 saturated heterocycles. The van der Waals surface area contributed by atoms with Crippen molar-refractivity contribution in [2.45, 2.75) is 20.4 Å². The van der Waals surface area contributed by atoms with Gasteiger partial charge in [-0.05, 0) is 24.1 Å². The lowest BCUT2D eigenvalue weighted by Gasteiger charge is -2.09. The lowest BCUT2D eigenvalue weighted by atomic mass is 10.0. The Morgan fingerprint density at radius 1 is 1.12 bits per heavy atom. The summed E-state index contributed by atoms with van der Waals surface area (Å²) >= 11 is 0. The third-order valence-electron chi connectivity index (χ3n) is 4.26. The fourth-order valence-corrected chi connectivity index (χ4v) is 3.17. The highest BCUT2D eigenvalue weighted by Gasteiger charge is 2.19. The van der Waals surface area contributed by atoms with Crippen molar-refractivity contribution in [3.63, 3.8) is 0 Å². The van der Waals surface area contributed by atoms with Crippen LogP contribution >= 0.6 is 0 Å². The van der Waals surface area contributed by atoms with Gasteiger partial charge in [-0.1, -0.05) is 38.1 Å². The molecule has 2 heterocycles. The SMILES string of the molecule is CC(C)Cn1c(N)nc2c(-c3n[nH]nc3-c3cccc(F)c3)cccc21. The number of aromatic amines is 1. The maximum atomic E-state index is 13.6. The summed E-state index contributed by atoms with van der Waals surface area (Å²) in [6.07, 6.45) is 0. The highest BCUT2D eigenvalue weighted by molar-refractivity contribution is 5.95. The molecule has 7 heteroatoms. The zero-order valence-electron chi connectivity index (χ0n) is 14.6. The normalized spacial score (nSPS) is 11.5. The maximum absolute atomic E-state index is 13.6. The fraction of sp³-hybridized carbons (Fsp3) is 0.211. The summed E-state index contributed by atoms with van der Waals surface area (Å²) in [7, 11) is 0. The molecule has 3 N–H and O–H groups in total. The molecule has 26 heavy (non-hydrogen) atoms. The Morgan fingerprint density at radius 3 is 2.65 bits per heavy atom. The van der Waals surface area contributed by atoms with Gasteiger partial charge in [-0.25, -0.2) is 9.37 Å². The number of para-hydroxylation sites is 1. The Hall–Kier alpha value is -3.22. The number of nitrogens with zero attached hydrogens (tertiary/aromatic N) is 4. The first-order valence-corrected chi connectivity index (χ1v) is 8.46. The molecular weight excluding hydrogens is 331 g/mol. The van der Waals surface area contributed by atoms with Gasteiger partial charge in [0.05, 0.1) is 5.52 Å². The van der Waals surface area contributed by atoms with Crippen LogP contribution in [0.3, 0.4) is 0 Å². The van der Waals surface area contributed by atoms with E-state index in [-0.39, 0.29) is 5.82 Å². The summed E-state index contributed by atoms with van der Waals surface area (Å²) in [6.45, 7) is 5.05. The van der Waals surface area contributed by atoms with Gasteiger partial charge in [0, 0.05) is 17.7 Å². The van der Waals surface area contributed by atoms with Crippen LogP contribution in [0.2, 0.25) is 0 Å². The second-order valence-electron chi connectivity index (χ2n) is 6.68. The van der Waals surface area contributed by atoms with E-state index < -0.39 is 0 Å². The minimum Gasteiger partial charge on any atom is -0.369 e. The highest BCUT2D eigenvalue weighted by atomic mass is 19.1. The second-order valence-corrected chi connectivity index (χ2v) is 6.68. The van der Waals surface area contributed by atoms with E-state index in [1.54, 1.807) is 12.1 Å². The van der Waals surface area contributed by atoms with Crippen LogP contribution in [0, 0.1) is 11.7 Å². The van der Waals surface area contributed by atoms with Gasteiger partial charge in [0.1, 0.15) is 22.7 Å². The monoisotopic (exact) mass is 350 g/mol. The minimum atomic E-state index is -0.319. The molecule has 2 aromatic heterocycles. The highest BCUT2D eigenvalue weighted by Crippen LogP contribution is 2.34. The number of rotatable bonds is 4.